The molecule has 8 heteroatoms. The third-order valence-electron chi connectivity index (χ3n) is 3.97. The number of hydrogen-bond donors (Lipinski definition) is 2. The van der Waals surface area contributed by atoms with Crippen molar-refractivity contribution < 1.29 is 13.2 Å². The molecule has 2 rings (SSSR count). The largest absolute Gasteiger partial charge is 0.356 e. The summed E-state index contributed by atoms with van der Waals surface area (Å²) in [5, 5.41) is 5.94. The van der Waals surface area contributed by atoms with Gasteiger partial charge in [-0.25, -0.2) is 8.42 Å². The molecule has 0 spiro atoms. The summed E-state index contributed by atoms with van der Waals surface area (Å²) < 4.78 is 27.2. The van der Waals surface area contributed by atoms with Crippen LogP contribution in [0.4, 0.5) is 0 Å². The molecule has 1 amide bonds. The Hall–Kier alpha value is -0.960. The molecule has 2 heterocycles. The first-order chi connectivity index (χ1) is 10.9. The fourth-order valence-electron chi connectivity index (χ4n) is 2.67. The number of nitrogens with one attached hydrogen (secondary N) is 2. The number of sulfonamides is 1. The molecule has 1 aliphatic heterocycles. The van der Waals surface area contributed by atoms with Crippen molar-refractivity contribution in [2.75, 3.05) is 33.2 Å². The molecule has 2 N–H and O–H groups in total. The van der Waals surface area contributed by atoms with E-state index >= 15 is 0 Å². The van der Waals surface area contributed by atoms with Gasteiger partial charge in [-0.1, -0.05) is 0 Å². The minimum Gasteiger partial charge on any atom is -0.356 e. The lowest BCUT2D eigenvalue weighted by molar-refractivity contribution is -0.126. The van der Waals surface area contributed by atoms with E-state index in [9.17, 15) is 13.2 Å². The molecule has 0 bridgehead atoms. The second kappa shape index (κ2) is 8.23. The Bertz CT molecular complexity index is 628. The Morgan fingerprint density at radius 3 is 2.83 bits per heavy atom. The molecule has 1 fully saturated rings. The highest BCUT2D eigenvalue weighted by Gasteiger charge is 2.33. The van der Waals surface area contributed by atoms with E-state index < -0.39 is 10.0 Å². The number of aryl methyl sites for hydroxylation is 1. The molecule has 23 heavy (non-hydrogen) atoms. The molecule has 0 aromatic carbocycles. The number of amides is 1. The Labute approximate surface area is 142 Å². The van der Waals surface area contributed by atoms with Gasteiger partial charge in [-0.2, -0.15) is 4.31 Å². The van der Waals surface area contributed by atoms with Crippen LogP contribution >= 0.6 is 11.3 Å². The van der Waals surface area contributed by atoms with E-state index in [-0.39, 0.29) is 18.4 Å². The van der Waals surface area contributed by atoms with Crippen LogP contribution in [0, 0.1) is 12.8 Å². The van der Waals surface area contributed by atoms with E-state index in [4.69, 9.17) is 0 Å². The van der Waals surface area contributed by atoms with Gasteiger partial charge in [0.1, 0.15) is 4.21 Å². The molecule has 0 radical (unpaired) electrons. The van der Waals surface area contributed by atoms with Crippen LogP contribution in [0.2, 0.25) is 0 Å². The van der Waals surface area contributed by atoms with Gasteiger partial charge >= 0.3 is 0 Å². The fraction of sp³-hybridized carbons (Fsp3) is 0.667. The summed E-state index contributed by atoms with van der Waals surface area (Å²) in [5.41, 5.74) is 0. The first-order valence-corrected chi connectivity index (χ1v) is 10.2. The van der Waals surface area contributed by atoms with Gasteiger partial charge in [0.25, 0.3) is 10.0 Å². The topological polar surface area (TPSA) is 78.5 Å². The van der Waals surface area contributed by atoms with Gasteiger partial charge in [0, 0.05) is 24.5 Å². The zero-order valence-electron chi connectivity index (χ0n) is 13.7. The van der Waals surface area contributed by atoms with Gasteiger partial charge in [0.05, 0.1) is 5.92 Å². The molecule has 0 saturated carbocycles. The highest BCUT2D eigenvalue weighted by molar-refractivity contribution is 7.91. The lowest BCUT2D eigenvalue weighted by atomic mass is 9.99. The SMILES string of the molecule is CNCCCNC(=O)C1CCCN(S(=O)(=O)c2ccc(C)s2)C1. The first kappa shape index (κ1) is 18.4. The summed E-state index contributed by atoms with van der Waals surface area (Å²) in [5.74, 6) is -0.294. The highest BCUT2D eigenvalue weighted by atomic mass is 32.2. The van der Waals surface area contributed by atoms with Gasteiger partial charge in [-0.3, -0.25) is 4.79 Å². The molecule has 0 aliphatic carbocycles. The van der Waals surface area contributed by atoms with Gasteiger partial charge in [0.15, 0.2) is 0 Å². The van der Waals surface area contributed by atoms with Crippen LogP contribution < -0.4 is 10.6 Å². The van der Waals surface area contributed by atoms with Crippen LogP contribution in [0.5, 0.6) is 0 Å². The van der Waals surface area contributed by atoms with Crippen molar-refractivity contribution in [2.24, 2.45) is 5.92 Å². The fourth-order valence-corrected chi connectivity index (χ4v) is 5.64. The van der Waals surface area contributed by atoms with E-state index in [1.807, 2.05) is 20.0 Å². The van der Waals surface area contributed by atoms with Gasteiger partial charge in [-0.15, -0.1) is 11.3 Å². The van der Waals surface area contributed by atoms with Gasteiger partial charge < -0.3 is 10.6 Å². The van der Waals surface area contributed by atoms with Crippen molar-refractivity contribution in [3.8, 4) is 0 Å². The summed E-state index contributed by atoms with van der Waals surface area (Å²) in [6.45, 7) is 4.12. The molecular formula is C15H25N3O3S2. The van der Waals surface area contributed by atoms with Crippen LogP contribution in [0.15, 0.2) is 16.3 Å². The lowest BCUT2D eigenvalue weighted by Crippen LogP contribution is -2.45. The van der Waals surface area contributed by atoms with E-state index in [1.165, 1.54) is 15.6 Å². The van der Waals surface area contributed by atoms with Crippen molar-refractivity contribution in [3.63, 3.8) is 0 Å². The van der Waals surface area contributed by atoms with E-state index in [0.717, 1.165) is 30.7 Å². The van der Waals surface area contributed by atoms with Crippen molar-refractivity contribution in [2.45, 2.75) is 30.4 Å². The zero-order chi connectivity index (χ0) is 16.9. The number of carbonyl (C=O) groups excluding carboxylic acids is 1. The Morgan fingerprint density at radius 1 is 1.39 bits per heavy atom. The van der Waals surface area contributed by atoms with Crippen molar-refractivity contribution >= 4 is 27.3 Å². The van der Waals surface area contributed by atoms with Crippen molar-refractivity contribution in [1.29, 1.82) is 0 Å². The normalized spacial score (nSPS) is 19.7. The lowest BCUT2D eigenvalue weighted by Gasteiger charge is -2.30. The molecular weight excluding hydrogens is 334 g/mol. The maximum atomic E-state index is 12.7. The summed E-state index contributed by atoms with van der Waals surface area (Å²) >= 11 is 1.28. The molecule has 1 aromatic rings. The minimum absolute atomic E-state index is 0.0386. The summed E-state index contributed by atoms with van der Waals surface area (Å²) in [6.07, 6.45) is 2.33. The Kier molecular flexibility index (Phi) is 6.58. The van der Waals surface area contributed by atoms with Crippen LogP contribution in [0.3, 0.4) is 0 Å². The van der Waals surface area contributed by atoms with Crippen LogP contribution in [-0.2, 0) is 14.8 Å². The Morgan fingerprint density at radius 2 is 2.17 bits per heavy atom. The van der Waals surface area contributed by atoms with Crippen LogP contribution in [0.25, 0.3) is 0 Å². The molecule has 1 unspecified atom stereocenters. The molecule has 1 atom stereocenters. The zero-order valence-corrected chi connectivity index (χ0v) is 15.3. The second-order valence-electron chi connectivity index (χ2n) is 5.82. The van der Waals surface area contributed by atoms with Crippen molar-refractivity contribution in [1.82, 2.24) is 14.9 Å². The van der Waals surface area contributed by atoms with Gasteiger partial charge in [0.2, 0.25) is 5.91 Å². The summed E-state index contributed by atoms with van der Waals surface area (Å²) in [4.78, 5) is 13.2. The molecule has 130 valence electrons. The van der Waals surface area contributed by atoms with Gasteiger partial charge in [-0.05, 0) is 51.9 Å². The molecule has 1 aromatic heterocycles. The highest BCUT2D eigenvalue weighted by Crippen LogP contribution is 2.28. The van der Waals surface area contributed by atoms with E-state index in [0.29, 0.717) is 17.3 Å². The number of hydrogen-bond acceptors (Lipinski definition) is 5. The summed E-state index contributed by atoms with van der Waals surface area (Å²) in [7, 11) is -1.60. The Balaban J connectivity index is 1.96. The standard InChI is InChI=1S/C15H25N3O3S2/c1-12-6-7-14(22-12)23(20,21)18-10-3-5-13(11-18)15(19)17-9-4-8-16-2/h6-7,13,16H,3-5,8-11H2,1-2H3,(H,17,19). The van der Waals surface area contributed by atoms with Crippen molar-refractivity contribution in [3.05, 3.63) is 17.0 Å². The minimum atomic E-state index is -3.47. The maximum Gasteiger partial charge on any atom is 0.252 e. The molecule has 1 aliphatic rings. The predicted octanol–water partition coefficient (Wildman–Crippen LogP) is 1.18. The average molecular weight is 360 g/mol. The number of nitrogens with zero attached hydrogens (tertiary/aromatic N) is 1. The first-order valence-electron chi connectivity index (χ1n) is 7.94. The third kappa shape index (κ3) is 4.76. The second-order valence-corrected chi connectivity index (χ2v) is 9.27. The monoisotopic (exact) mass is 359 g/mol. The average Bonchev–Trinajstić information content (AvgIpc) is 2.99. The third-order valence-corrected chi connectivity index (χ3v) is 7.30. The summed E-state index contributed by atoms with van der Waals surface area (Å²) in [6, 6.07) is 3.46. The molecule has 1 saturated heterocycles. The number of thiophene rings is 1. The predicted molar refractivity (Wildman–Crippen MR) is 92.1 cm³/mol. The maximum absolute atomic E-state index is 12.7. The van der Waals surface area contributed by atoms with Crippen LogP contribution in [0.1, 0.15) is 24.1 Å². The number of rotatable bonds is 7. The smallest absolute Gasteiger partial charge is 0.252 e. The molecule has 6 nitrogen and oxygen atoms in total. The van der Waals surface area contributed by atoms with Crippen LogP contribution in [-0.4, -0.2) is 51.9 Å². The quantitative estimate of drug-likeness (QED) is 0.717. The van der Waals surface area contributed by atoms with E-state index in [2.05, 4.69) is 10.6 Å². The number of piperidine rings is 1. The number of carbonyl (C=O) groups is 1. The van der Waals surface area contributed by atoms with E-state index in [1.54, 1.807) is 6.07 Å².